The van der Waals surface area contributed by atoms with Gasteiger partial charge in [-0.05, 0) is 55.5 Å². The molecule has 0 spiro atoms. The molecule has 4 heteroatoms. The first-order valence-electron chi connectivity index (χ1n) is 8.74. The summed E-state index contributed by atoms with van der Waals surface area (Å²) < 4.78 is 0. The lowest BCUT2D eigenvalue weighted by molar-refractivity contribution is -0.125. The minimum Gasteiger partial charge on any atom is -0.356 e. The Hall–Kier alpha value is -2.62. The van der Waals surface area contributed by atoms with Crippen molar-refractivity contribution in [1.82, 2.24) is 5.32 Å². The summed E-state index contributed by atoms with van der Waals surface area (Å²) in [7, 11) is 0. The first kappa shape index (κ1) is 17.2. The summed E-state index contributed by atoms with van der Waals surface area (Å²) in [6.07, 6.45) is 1.44. The molecule has 1 aliphatic rings. The number of hydrogen-bond donors (Lipinski definition) is 2. The molecule has 25 heavy (non-hydrogen) atoms. The van der Waals surface area contributed by atoms with Crippen LogP contribution in [0, 0.1) is 25.7 Å². The van der Waals surface area contributed by atoms with Gasteiger partial charge in [-0.2, -0.15) is 0 Å². The largest absolute Gasteiger partial charge is 0.356 e. The lowest BCUT2D eigenvalue weighted by atomic mass is 10.1. The Kier molecular flexibility index (Phi) is 5.17. The van der Waals surface area contributed by atoms with Gasteiger partial charge in [0, 0.05) is 12.2 Å². The molecule has 2 amide bonds. The Bertz CT molecular complexity index is 771. The van der Waals surface area contributed by atoms with Crippen molar-refractivity contribution in [3.8, 4) is 0 Å². The van der Waals surface area contributed by atoms with E-state index in [9.17, 15) is 9.59 Å². The number of anilines is 1. The number of nitrogens with one attached hydrogen (secondary N) is 2. The third-order valence-corrected chi connectivity index (χ3v) is 4.79. The zero-order valence-corrected chi connectivity index (χ0v) is 14.7. The number of rotatable bonds is 6. The SMILES string of the molecule is Cc1ccc(NC(=O)C2CC2C(=O)NCCc2ccccc2)cc1C. The molecule has 2 atom stereocenters. The lowest BCUT2D eigenvalue weighted by Crippen LogP contribution is -2.29. The van der Waals surface area contributed by atoms with Crippen LogP contribution in [-0.4, -0.2) is 18.4 Å². The molecule has 2 aromatic rings. The highest BCUT2D eigenvalue weighted by atomic mass is 16.2. The summed E-state index contributed by atoms with van der Waals surface area (Å²) in [5, 5.41) is 5.86. The van der Waals surface area contributed by atoms with Gasteiger partial charge in [-0.15, -0.1) is 0 Å². The van der Waals surface area contributed by atoms with Gasteiger partial charge in [0.15, 0.2) is 0 Å². The van der Waals surface area contributed by atoms with E-state index in [1.165, 1.54) is 11.1 Å². The maximum absolute atomic E-state index is 12.3. The van der Waals surface area contributed by atoms with Crippen LogP contribution in [0.15, 0.2) is 48.5 Å². The molecule has 0 saturated heterocycles. The molecule has 0 aliphatic heterocycles. The molecule has 4 nitrogen and oxygen atoms in total. The summed E-state index contributed by atoms with van der Waals surface area (Å²) in [5.74, 6) is -0.483. The summed E-state index contributed by atoms with van der Waals surface area (Å²) in [6, 6.07) is 15.9. The molecule has 1 fully saturated rings. The number of benzene rings is 2. The molecule has 3 rings (SSSR count). The minimum absolute atomic E-state index is 0.0174. The van der Waals surface area contributed by atoms with E-state index in [1.54, 1.807) is 0 Å². The van der Waals surface area contributed by atoms with Crippen molar-refractivity contribution in [3.05, 3.63) is 65.2 Å². The molecular formula is C21H24N2O2. The normalized spacial score (nSPS) is 18.5. The van der Waals surface area contributed by atoms with E-state index in [-0.39, 0.29) is 23.7 Å². The van der Waals surface area contributed by atoms with Crippen LogP contribution in [0.25, 0.3) is 0 Å². The van der Waals surface area contributed by atoms with Gasteiger partial charge in [-0.3, -0.25) is 9.59 Å². The predicted molar refractivity (Wildman–Crippen MR) is 99.3 cm³/mol. The standard InChI is InChI=1S/C21H24N2O2/c1-14-8-9-17(12-15(14)2)23-21(25)19-13-18(19)20(24)22-11-10-16-6-4-3-5-7-16/h3-9,12,18-19H,10-11,13H2,1-2H3,(H,22,24)(H,23,25). The number of aryl methyl sites for hydroxylation is 2. The fourth-order valence-corrected chi connectivity index (χ4v) is 2.93. The Morgan fingerprint density at radius 3 is 2.40 bits per heavy atom. The van der Waals surface area contributed by atoms with Crippen LogP contribution in [0.4, 0.5) is 5.69 Å². The van der Waals surface area contributed by atoms with Crippen LogP contribution < -0.4 is 10.6 Å². The molecule has 2 aromatic carbocycles. The monoisotopic (exact) mass is 336 g/mol. The van der Waals surface area contributed by atoms with Gasteiger partial charge in [0.1, 0.15) is 0 Å². The molecule has 0 radical (unpaired) electrons. The first-order chi connectivity index (χ1) is 12.0. The Balaban J connectivity index is 1.44. The van der Waals surface area contributed by atoms with Crippen molar-refractivity contribution >= 4 is 17.5 Å². The van der Waals surface area contributed by atoms with Crippen molar-refractivity contribution in [2.75, 3.05) is 11.9 Å². The second-order valence-electron chi connectivity index (χ2n) is 6.76. The van der Waals surface area contributed by atoms with Gasteiger partial charge in [0.2, 0.25) is 11.8 Å². The third kappa shape index (κ3) is 4.47. The molecule has 2 unspecified atom stereocenters. The van der Waals surface area contributed by atoms with Crippen molar-refractivity contribution in [2.24, 2.45) is 11.8 Å². The van der Waals surface area contributed by atoms with E-state index in [2.05, 4.69) is 10.6 Å². The van der Waals surface area contributed by atoms with E-state index >= 15 is 0 Å². The Morgan fingerprint density at radius 2 is 1.68 bits per heavy atom. The van der Waals surface area contributed by atoms with Crippen molar-refractivity contribution in [3.63, 3.8) is 0 Å². The summed E-state index contributed by atoms with van der Waals surface area (Å²) in [4.78, 5) is 24.5. The Morgan fingerprint density at radius 1 is 0.960 bits per heavy atom. The van der Waals surface area contributed by atoms with Gasteiger partial charge in [0.25, 0.3) is 0 Å². The molecule has 1 aliphatic carbocycles. The molecule has 2 N–H and O–H groups in total. The summed E-state index contributed by atoms with van der Waals surface area (Å²) in [6.45, 7) is 4.66. The van der Waals surface area contributed by atoms with E-state index in [1.807, 2.05) is 62.4 Å². The molecule has 130 valence electrons. The van der Waals surface area contributed by atoms with Crippen LogP contribution in [0.5, 0.6) is 0 Å². The van der Waals surface area contributed by atoms with E-state index < -0.39 is 0 Å². The van der Waals surface area contributed by atoms with Gasteiger partial charge in [0.05, 0.1) is 11.8 Å². The van der Waals surface area contributed by atoms with Crippen LogP contribution in [0.3, 0.4) is 0 Å². The molecular weight excluding hydrogens is 312 g/mol. The zero-order chi connectivity index (χ0) is 17.8. The number of carbonyl (C=O) groups excluding carboxylic acids is 2. The molecule has 0 bridgehead atoms. The highest BCUT2D eigenvalue weighted by Gasteiger charge is 2.47. The van der Waals surface area contributed by atoms with Crippen LogP contribution in [0.2, 0.25) is 0 Å². The summed E-state index contributed by atoms with van der Waals surface area (Å²) >= 11 is 0. The minimum atomic E-state index is -0.210. The number of amides is 2. The fourth-order valence-electron chi connectivity index (χ4n) is 2.93. The first-order valence-corrected chi connectivity index (χ1v) is 8.74. The molecule has 0 heterocycles. The number of carbonyl (C=O) groups is 2. The van der Waals surface area contributed by atoms with Gasteiger partial charge < -0.3 is 10.6 Å². The van der Waals surface area contributed by atoms with E-state index in [4.69, 9.17) is 0 Å². The topological polar surface area (TPSA) is 58.2 Å². The zero-order valence-electron chi connectivity index (χ0n) is 14.7. The van der Waals surface area contributed by atoms with Crippen LogP contribution in [-0.2, 0) is 16.0 Å². The van der Waals surface area contributed by atoms with Gasteiger partial charge in [-0.1, -0.05) is 36.4 Å². The number of hydrogen-bond acceptors (Lipinski definition) is 2. The van der Waals surface area contributed by atoms with E-state index in [0.717, 1.165) is 17.7 Å². The van der Waals surface area contributed by atoms with E-state index in [0.29, 0.717) is 13.0 Å². The summed E-state index contributed by atoms with van der Waals surface area (Å²) in [5.41, 5.74) is 4.33. The average Bonchev–Trinajstić information content (AvgIpc) is 3.40. The van der Waals surface area contributed by atoms with Crippen LogP contribution in [0.1, 0.15) is 23.1 Å². The van der Waals surface area contributed by atoms with Crippen LogP contribution >= 0.6 is 0 Å². The third-order valence-electron chi connectivity index (χ3n) is 4.79. The molecule has 0 aromatic heterocycles. The second-order valence-corrected chi connectivity index (χ2v) is 6.76. The predicted octanol–water partition coefficient (Wildman–Crippen LogP) is 3.24. The second kappa shape index (κ2) is 7.51. The quantitative estimate of drug-likeness (QED) is 0.851. The highest BCUT2D eigenvalue weighted by molar-refractivity contribution is 5.99. The average molecular weight is 336 g/mol. The highest BCUT2D eigenvalue weighted by Crippen LogP contribution is 2.39. The van der Waals surface area contributed by atoms with Gasteiger partial charge >= 0.3 is 0 Å². The van der Waals surface area contributed by atoms with Crippen molar-refractivity contribution in [2.45, 2.75) is 26.7 Å². The van der Waals surface area contributed by atoms with Crippen molar-refractivity contribution < 1.29 is 9.59 Å². The van der Waals surface area contributed by atoms with Gasteiger partial charge in [-0.25, -0.2) is 0 Å². The molecule has 1 saturated carbocycles. The lowest BCUT2D eigenvalue weighted by Gasteiger charge is -2.08. The van der Waals surface area contributed by atoms with Crippen molar-refractivity contribution in [1.29, 1.82) is 0 Å². The maximum Gasteiger partial charge on any atom is 0.228 e. The maximum atomic E-state index is 12.3. The smallest absolute Gasteiger partial charge is 0.228 e. The Labute approximate surface area is 148 Å². The fraction of sp³-hybridized carbons (Fsp3) is 0.333.